The number of carbonyl (C=O) groups is 2. The monoisotopic (exact) mass is 379 g/mol. The molecule has 2 aromatic carbocycles. The summed E-state index contributed by atoms with van der Waals surface area (Å²) in [4.78, 5) is 34.3. The number of aryl methyl sites for hydroxylation is 1. The molecule has 0 aliphatic rings. The first-order chi connectivity index (χ1) is 13.6. The molecule has 0 atom stereocenters. The third-order valence-corrected chi connectivity index (χ3v) is 3.49. The molecule has 0 aliphatic carbocycles. The summed E-state index contributed by atoms with van der Waals surface area (Å²) in [7, 11) is 1.42. The molecule has 3 rings (SSSR count). The van der Waals surface area contributed by atoms with Gasteiger partial charge in [0.2, 0.25) is 11.8 Å². The van der Waals surface area contributed by atoms with Crippen molar-refractivity contribution in [2.45, 2.75) is 6.92 Å². The quantitative estimate of drug-likeness (QED) is 0.677. The van der Waals surface area contributed by atoms with Gasteiger partial charge >= 0.3 is 12.2 Å². The topological polar surface area (TPSA) is 90.8 Å². The van der Waals surface area contributed by atoms with Crippen molar-refractivity contribution in [3.8, 4) is 17.4 Å². The van der Waals surface area contributed by atoms with Crippen molar-refractivity contribution in [1.29, 1.82) is 0 Å². The SMILES string of the molecule is COc1cc(C)nc(N(C(=O)Oc2ccccc2)C(=O)Oc2ccccc2)n1. The molecule has 0 aliphatic heterocycles. The number of rotatable bonds is 4. The summed E-state index contributed by atoms with van der Waals surface area (Å²) in [6.07, 6.45) is -2.03. The van der Waals surface area contributed by atoms with Gasteiger partial charge in [0, 0.05) is 11.8 Å². The summed E-state index contributed by atoms with van der Waals surface area (Å²) in [5, 5.41) is 0. The second-order valence-electron chi connectivity index (χ2n) is 5.55. The maximum atomic E-state index is 12.7. The van der Waals surface area contributed by atoms with Gasteiger partial charge in [-0.1, -0.05) is 36.4 Å². The van der Waals surface area contributed by atoms with Crippen LogP contribution in [-0.2, 0) is 0 Å². The van der Waals surface area contributed by atoms with Crippen molar-refractivity contribution in [1.82, 2.24) is 9.97 Å². The maximum Gasteiger partial charge on any atom is 0.432 e. The third-order valence-electron chi connectivity index (χ3n) is 3.49. The van der Waals surface area contributed by atoms with Crippen LogP contribution in [0.2, 0.25) is 0 Å². The summed E-state index contributed by atoms with van der Waals surface area (Å²) in [5.74, 6) is 0.473. The normalized spacial score (nSPS) is 10.1. The molecule has 0 unspecified atom stereocenters. The Morgan fingerprint density at radius 2 is 1.32 bits per heavy atom. The number of anilines is 1. The zero-order chi connectivity index (χ0) is 19.9. The van der Waals surface area contributed by atoms with E-state index in [1.807, 2.05) is 0 Å². The number of nitrogens with zero attached hydrogens (tertiary/aromatic N) is 3. The van der Waals surface area contributed by atoms with Crippen LogP contribution < -0.4 is 19.1 Å². The average molecular weight is 379 g/mol. The van der Waals surface area contributed by atoms with Gasteiger partial charge in [-0.25, -0.2) is 14.6 Å². The van der Waals surface area contributed by atoms with Crippen molar-refractivity contribution in [2.24, 2.45) is 0 Å². The third kappa shape index (κ3) is 4.61. The number of hydrogen-bond acceptors (Lipinski definition) is 7. The zero-order valence-corrected chi connectivity index (χ0v) is 15.2. The first-order valence-electron chi connectivity index (χ1n) is 8.30. The van der Waals surface area contributed by atoms with Gasteiger partial charge in [-0.2, -0.15) is 4.98 Å². The smallest absolute Gasteiger partial charge is 0.432 e. The summed E-state index contributed by atoms with van der Waals surface area (Å²) < 4.78 is 15.6. The number of aromatic nitrogens is 2. The number of ether oxygens (including phenoxy) is 3. The molecule has 0 saturated heterocycles. The predicted molar refractivity (Wildman–Crippen MR) is 101 cm³/mol. The van der Waals surface area contributed by atoms with Gasteiger partial charge < -0.3 is 14.2 Å². The molecule has 2 amide bonds. The lowest BCUT2D eigenvalue weighted by Crippen LogP contribution is -2.42. The number of carbonyl (C=O) groups excluding carboxylic acids is 2. The van der Waals surface area contributed by atoms with E-state index in [0.29, 0.717) is 10.6 Å². The molecule has 0 spiro atoms. The van der Waals surface area contributed by atoms with E-state index >= 15 is 0 Å². The summed E-state index contributed by atoms with van der Waals surface area (Å²) in [5.41, 5.74) is 0.492. The summed E-state index contributed by atoms with van der Waals surface area (Å²) in [6.45, 7) is 1.68. The number of amides is 2. The highest BCUT2D eigenvalue weighted by Gasteiger charge is 2.31. The molecule has 142 valence electrons. The van der Waals surface area contributed by atoms with Crippen LogP contribution >= 0.6 is 0 Å². The van der Waals surface area contributed by atoms with Crippen LogP contribution in [0.5, 0.6) is 17.4 Å². The van der Waals surface area contributed by atoms with E-state index in [9.17, 15) is 9.59 Å². The van der Waals surface area contributed by atoms with Crippen molar-refractivity contribution in [2.75, 3.05) is 12.0 Å². The highest BCUT2D eigenvalue weighted by atomic mass is 16.6. The van der Waals surface area contributed by atoms with Crippen LogP contribution in [0.25, 0.3) is 0 Å². The van der Waals surface area contributed by atoms with Crippen molar-refractivity contribution in [3.63, 3.8) is 0 Å². The lowest BCUT2D eigenvalue weighted by Gasteiger charge is -2.18. The van der Waals surface area contributed by atoms with Gasteiger partial charge in [0.25, 0.3) is 0 Å². The lowest BCUT2D eigenvalue weighted by atomic mass is 10.3. The first kappa shape index (κ1) is 18.8. The molecule has 0 N–H and O–H groups in total. The van der Waals surface area contributed by atoms with Gasteiger partial charge in [0.05, 0.1) is 7.11 Å². The van der Waals surface area contributed by atoms with Crippen LogP contribution in [0.1, 0.15) is 5.69 Å². The van der Waals surface area contributed by atoms with Crippen LogP contribution in [0.3, 0.4) is 0 Å². The van der Waals surface area contributed by atoms with Gasteiger partial charge in [-0.3, -0.25) is 0 Å². The Kier molecular flexibility index (Phi) is 5.81. The Hall–Kier alpha value is -3.94. The van der Waals surface area contributed by atoms with Crippen molar-refractivity contribution >= 4 is 18.1 Å². The average Bonchev–Trinajstić information content (AvgIpc) is 2.69. The Morgan fingerprint density at radius 3 is 1.79 bits per heavy atom. The summed E-state index contributed by atoms with van der Waals surface area (Å²) >= 11 is 0. The fourth-order valence-corrected chi connectivity index (χ4v) is 2.24. The molecule has 0 radical (unpaired) electrons. The Bertz CT molecular complexity index is 911. The van der Waals surface area contributed by atoms with Gasteiger partial charge in [0.15, 0.2) is 0 Å². The zero-order valence-electron chi connectivity index (χ0n) is 15.2. The van der Waals surface area contributed by atoms with E-state index in [0.717, 1.165) is 0 Å². The Balaban J connectivity index is 1.94. The maximum absolute atomic E-state index is 12.7. The molecule has 8 heteroatoms. The van der Waals surface area contributed by atoms with E-state index in [2.05, 4.69) is 9.97 Å². The molecule has 0 fully saturated rings. The number of benzene rings is 2. The number of hydrogen-bond donors (Lipinski definition) is 0. The standard InChI is InChI=1S/C20H17N3O5/c1-14-13-17(26-2)22-18(21-14)23(19(24)27-15-9-5-3-6-10-15)20(25)28-16-11-7-4-8-12-16/h3-13H,1-2H3. The second kappa shape index (κ2) is 8.63. The Labute approximate surface area is 161 Å². The predicted octanol–water partition coefficient (Wildman–Crippen LogP) is 4.00. The minimum Gasteiger partial charge on any atom is -0.481 e. The molecule has 1 aromatic heterocycles. The van der Waals surface area contributed by atoms with Crippen molar-refractivity contribution in [3.05, 3.63) is 72.4 Å². The summed E-state index contributed by atoms with van der Waals surface area (Å²) in [6, 6.07) is 18.2. The first-order valence-corrected chi connectivity index (χ1v) is 8.30. The fraction of sp³-hybridized carbons (Fsp3) is 0.100. The van der Waals surface area contributed by atoms with Gasteiger partial charge in [-0.05, 0) is 31.2 Å². The molecule has 0 bridgehead atoms. The number of para-hydroxylation sites is 2. The van der Waals surface area contributed by atoms with Crippen molar-refractivity contribution < 1.29 is 23.8 Å². The van der Waals surface area contributed by atoms with Crippen LogP contribution in [-0.4, -0.2) is 29.3 Å². The van der Waals surface area contributed by atoms with Crippen LogP contribution in [0.4, 0.5) is 15.5 Å². The minimum absolute atomic E-state index is 0.188. The van der Waals surface area contributed by atoms with E-state index < -0.39 is 12.2 Å². The molecule has 0 saturated carbocycles. The molecule has 1 heterocycles. The number of methoxy groups -OCH3 is 1. The number of imide groups is 1. The largest absolute Gasteiger partial charge is 0.481 e. The van der Waals surface area contributed by atoms with Crippen LogP contribution in [0.15, 0.2) is 66.7 Å². The molecule has 3 aromatic rings. The van der Waals surface area contributed by atoms with Gasteiger partial charge in [0.1, 0.15) is 11.5 Å². The van der Waals surface area contributed by atoms with E-state index in [1.54, 1.807) is 73.7 Å². The Morgan fingerprint density at radius 1 is 0.821 bits per heavy atom. The highest BCUT2D eigenvalue weighted by Crippen LogP contribution is 2.20. The molecular weight excluding hydrogens is 362 g/mol. The van der Waals surface area contributed by atoms with E-state index in [1.165, 1.54) is 7.11 Å². The molecular formula is C20H17N3O5. The highest BCUT2D eigenvalue weighted by molar-refractivity contribution is 6.09. The fourth-order valence-electron chi connectivity index (χ4n) is 2.24. The van der Waals surface area contributed by atoms with E-state index in [-0.39, 0.29) is 23.3 Å². The molecule has 28 heavy (non-hydrogen) atoms. The minimum atomic E-state index is -1.01. The van der Waals surface area contributed by atoms with E-state index in [4.69, 9.17) is 14.2 Å². The molecule has 8 nitrogen and oxygen atoms in total. The van der Waals surface area contributed by atoms with Gasteiger partial charge in [-0.15, -0.1) is 4.90 Å². The lowest BCUT2D eigenvalue weighted by molar-refractivity contribution is 0.190. The van der Waals surface area contributed by atoms with Crippen LogP contribution in [0, 0.1) is 6.92 Å². The second-order valence-corrected chi connectivity index (χ2v) is 5.55.